The van der Waals surface area contributed by atoms with Gasteiger partial charge in [0, 0.05) is 5.02 Å². The molecule has 1 atom stereocenters. The van der Waals surface area contributed by atoms with E-state index in [1.54, 1.807) is 0 Å². The maximum atomic E-state index is 6.27. The highest BCUT2D eigenvalue weighted by Crippen LogP contribution is 2.21. The topological polar surface area (TPSA) is 12.0 Å². The first kappa shape index (κ1) is 16.5. The van der Waals surface area contributed by atoms with E-state index in [9.17, 15) is 0 Å². The summed E-state index contributed by atoms with van der Waals surface area (Å²) in [7, 11) is 0. The number of hydrogen-bond acceptors (Lipinski definition) is 1. The van der Waals surface area contributed by atoms with Crippen LogP contribution in [0.15, 0.2) is 24.3 Å². The number of unbranched alkanes of at least 4 members (excludes halogenated alkanes) is 1. The average Bonchev–Trinajstić information content (AvgIpc) is 2.37. The van der Waals surface area contributed by atoms with E-state index in [0.29, 0.717) is 11.8 Å². The summed E-state index contributed by atoms with van der Waals surface area (Å²) in [5.74, 6) is 1.41. The molecule has 0 spiro atoms. The molecule has 1 rings (SSSR count). The van der Waals surface area contributed by atoms with Gasteiger partial charge < -0.3 is 5.32 Å². The molecule has 0 amide bonds. The number of rotatable bonds is 9. The van der Waals surface area contributed by atoms with Crippen LogP contribution in [-0.4, -0.2) is 13.1 Å². The quantitative estimate of drug-likeness (QED) is 0.676. The highest BCUT2D eigenvalue weighted by Gasteiger charge is 2.11. The number of nitrogens with one attached hydrogen (secondary N) is 1. The van der Waals surface area contributed by atoms with Gasteiger partial charge in [-0.25, -0.2) is 0 Å². The first-order chi connectivity index (χ1) is 9.13. The molecular weight excluding hydrogens is 254 g/mol. The first-order valence-corrected chi connectivity index (χ1v) is 7.95. The van der Waals surface area contributed by atoms with E-state index in [1.165, 1.54) is 24.8 Å². The van der Waals surface area contributed by atoms with Gasteiger partial charge in [0.2, 0.25) is 0 Å². The Morgan fingerprint density at radius 3 is 2.53 bits per heavy atom. The van der Waals surface area contributed by atoms with E-state index in [1.807, 2.05) is 12.1 Å². The lowest BCUT2D eigenvalue weighted by atomic mass is 9.94. The number of benzene rings is 1. The van der Waals surface area contributed by atoms with Gasteiger partial charge in [0.15, 0.2) is 0 Å². The number of halogens is 1. The van der Waals surface area contributed by atoms with E-state index in [-0.39, 0.29) is 0 Å². The monoisotopic (exact) mass is 281 g/mol. The molecule has 0 aliphatic heterocycles. The predicted molar refractivity (Wildman–Crippen MR) is 85.9 cm³/mol. The predicted octanol–water partition coefficient (Wildman–Crippen LogP) is 4.93. The Bertz CT molecular complexity index is 349. The van der Waals surface area contributed by atoms with Gasteiger partial charge >= 0.3 is 0 Å². The van der Waals surface area contributed by atoms with Crippen molar-refractivity contribution in [3.63, 3.8) is 0 Å². The Kier molecular flexibility index (Phi) is 8.16. The molecular formula is C17H28ClN. The smallest absolute Gasteiger partial charge is 0.0438 e. The molecule has 1 unspecified atom stereocenters. The summed E-state index contributed by atoms with van der Waals surface area (Å²) in [4.78, 5) is 0. The highest BCUT2D eigenvalue weighted by atomic mass is 35.5. The maximum Gasteiger partial charge on any atom is 0.0438 e. The van der Waals surface area contributed by atoms with E-state index in [0.717, 1.165) is 24.5 Å². The lowest BCUT2D eigenvalue weighted by Crippen LogP contribution is -2.27. The van der Waals surface area contributed by atoms with E-state index >= 15 is 0 Å². The number of hydrogen-bond donors (Lipinski definition) is 1. The average molecular weight is 282 g/mol. The highest BCUT2D eigenvalue weighted by molar-refractivity contribution is 6.31. The third-order valence-corrected chi connectivity index (χ3v) is 3.79. The summed E-state index contributed by atoms with van der Waals surface area (Å²) in [6.07, 6.45) is 4.94. The van der Waals surface area contributed by atoms with Crippen LogP contribution in [0.1, 0.15) is 45.6 Å². The maximum absolute atomic E-state index is 6.27. The fraction of sp³-hybridized carbons (Fsp3) is 0.647. The Labute approximate surface area is 123 Å². The lowest BCUT2D eigenvalue weighted by molar-refractivity contribution is 0.413. The van der Waals surface area contributed by atoms with Crippen LogP contribution in [0.25, 0.3) is 0 Å². The molecule has 19 heavy (non-hydrogen) atoms. The van der Waals surface area contributed by atoms with Crippen LogP contribution in [0.5, 0.6) is 0 Å². The van der Waals surface area contributed by atoms with Crippen LogP contribution in [0, 0.1) is 11.8 Å². The van der Waals surface area contributed by atoms with E-state index in [4.69, 9.17) is 11.6 Å². The second-order valence-corrected chi connectivity index (χ2v) is 6.26. The van der Waals surface area contributed by atoms with Gasteiger partial charge in [0.05, 0.1) is 0 Å². The van der Waals surface area contributed by atoms with Crippen molar-refractivity contribution in [2.45, 2.75) is 46.5 Å². The minimum atomic E-state index is 0.693. The minimum absolute atomic E-state index is 0.693. The molecule has 0 aromatic heterocycles. The van der Waals surface area contributed by atoms with Gasteiger partial charge in [-0.3, -0.25) is 0 Å². The standard InChI is InChI=1S/C17H28ClN/c1-4-5-8-15(13-19-12-14(2)3)11-16-9-6-7-10-17(16)18/h6-7,9-10,14-15,19H,4-5,8,11-13H2,1-3H3. The molecule has 1 aromatic rings. The van der Waals surface area contributed by atoms with Crippen molar-refractivity contribution in [1.29, 1.82) is 0 Å². The molecule has 2 heteroatoms. The second-order valence-electron chi connectivity index (χ2n) is 5.86. The summed E-state index contributed by atoms with van der Waals surface area (Å²) in [6, 6.07) is 8.24. The van der Waals surface area contributed by atoms with Gasteiger partial charge in [0.25, 0.3) is 0 Å². The Morgan fingerprint density at radius 2 is 1.89 bits per heavy atom. The fourth-order valence-corrected chi connectivity index (χ4v) is 2.53. The van der Waals surface area contributed by atoms with Gasteiger partial charge in [-0.1, -0.05) is 63.4 Å². The summed E-state index contributed by atoms with van der Waals surface area (Å²) in [5, 5.41) is 4.50. The van der Waals surface area contributed by atoms with Gasteiger partial charge in [0.1, 0.15) is 0 Å². The molecule has 0 saturated heterocycles. The Morgan fingerprint density at radius 1 is 1.16 bits per heavy atom. The van der Waals surface area contributed by atoms with Crippen molar-refractivity contribution in [3.8, 4) is 0 Å². The molecule has 1 N–H and O–H groups in total. The Balaban J connectivity index is 2.51. The van der Waals surface area contributed by atoms with Crippen molar-refractivity contribution < 1.29 is 0 Å². The SMILES string of the molecule is CCCCC(CNCC(C)C)Cc1ccccc1Cl. The van der Waals surface area contributed by atoms with Crippen molar-refractivity contribution in [1.82, 2.24) is 5.32 Å². The zero-order valence-corrected chi connectivity index (χ0v) is 13.3. The zero-order chi connectivity index (χ0) is 14.1. The normalized spacial score (nSPS) is 12.9. The van der Waals surface area contributed by atoms with Crippen LogP contribution in [0.2, 0.25) is 5.02 Å². The molecule has 0 aliphatic rings. The van der Waals surface area contributed by atoms with Gasteiger partial charge in [-0.05, 0) is 49.4 Å². The summed E-state index contributed by atoms with van der Waals surface area (Å²) >= 11 is 6.27. The largest absolute Gasteiger partial charge is 0.316 e. The lowest BCUT2D eigenvalue weighted by Gasteiger charge is -2.19. The van der Waals surface area contributed by atoms with Crippen LogP contribution in [-0.2, 0) is 6.42 Å². The minimum Gasteiger partial charge on any atom is -0.316 e. The molecule has 0 heterocycles. The molecule has 1 aromatic carbocycles. The Hall–Kier alpha value is -0.530. The van der Waals surface area contributed by atoms with Crippen molar-refractivity contribution >= 4 is 11.6 Å². The zero-order valence-electron chi connectivity index (χ0n) is 12.6. The second kappa shape index (κ2) is 9.39. The van der Waals surface area contributed by atoms with Crippen LogP contribution >= 0.6 is 11.6 Å². The molecule has 0 radical (unpaired) electrons. The van der Waals surface area contributed by atoms with Gasteiger partial charge in [-0.15, -0.1) is 0 Å². The van der Waals surface area contributed by atoms with Crippen LogP contribution in [0.4, 0.5) is 0 Å². The first-order valence-electron chi connectivity index (χ1n) is 7.57. The van der Waals surface area contributed by atoms with Gasteiger partial charge in [-0.2, -0.15) is 0 Å². The van der Waals surface area contributed by atoms with E-state index < -0.39 is 0 Å². The summed E-state index contributed by atoms with van der Waals surface area (Å²) in [6.45, 7) is 8.97. The molecule has 0 aliphatic carbocycles. The molecule has 0 bridgehead atoms. The molecule has 1 nitrogen and oxygen atoms in total. The third kappa shape index (κ3) is 6.98. The van der Waals surface area contributed by atoms with E-state index in [2.05, 4.69) is 38.2 Å². The summed E-state index contributed by atoms with van der Waals surface area (Å²) < 4.78 is 0. The third-order valence-electron chi connectivity index (χ3n) is 3.42. The molecule has 108 valence electrons. The van der Waals surface area contributed by atoms with Crippen LogP contribution < -0.4 is 5.32 Å². The van der Waals surface area contributed by atoms with Crippen molar-refractivity contribution in [2.75, 3.05) is 13.1 Å². The van der Waals surface area contributed by atoms with Crippen molar-refractivity contribution in [2.24, 2.45) is 11.8 Å². The van der Waals surface area contributed by atoms with Crippen molar-refractivity contribution in [3.05, 3.63) is 34.9 Å². The van der Waals surface area contributed by atoms with Crippen LogP contribution in [0.3, 0.4) is 0 Å². The molecule has 0 fully saturated rings. The fourth-order valence-electron chi connectivity index (χ4n) is 2.32. The summed E-state index contributed by atoms with van der Waals surface area (Å²) in [5.41, 5.74) is 1.29. The molecule has 0 saturated carbocycles.